The first-order valence-electron chi connectivity index (χ1n) is 13.8. The minimum absolute atomic E-state index is 0.0946. The lowest BCUT2D eigenvalue weighted by molar-refractivity contribution is 0.444. The molecule has 2 heterocycles. The summed E-state index contributed by atoms with van der Waals surface area (Å²) in [5, 5.41) is 9.66. The molecule has 0 saturated heterocycles. The lowest BCUT2D eigenvalue weighted by Crippen LogP contribution is -2.10. The van der Waals surface area contributed by atoms with Crippen LogP contribution in [-0.2, 0) is 0 Å². The van der Waals surface area contributed by atoms with E-state index in [0.29, 0.717) is 22.9 Å². The van der Waals surface area contributed by atoms with Gasteiger partial charge in [0.25, 0.3) is 0 Å². The van der Waals surface area contributed by atoms with E-state index in [1.165, 1.54) is 37.7 Å². The molecule has 192 valence electrons. The molecule has 2 N–H and O–H groups in total. The number of rotatable bonds is 5. The molecule has 39 heavy (non-hydrogen) atoms. The SMILES string of the molecule is N=c1oc2cc(N(c3ccccc3)c3ccccc3)ccc2cc1-c1nc2ccc(C3CCCCC3)cc2[nH]1. The zero-order valence-corrected chi connectivity index (χ0v) is 21.7. The van der Waals surface area contributed by atoms with Gasteiger partial charge in [0.05, 0.1) is 16.6 Å². The van der Waals surface area contributed by atoms with Crippen molar-refractivity contribution < 1.29 is 4.42 Å². The van der Waals surface area contributed by atoms with Gasteiger partial charge in [-0.05, 0) is 78.9 Å². The molecule has 0 radical (unpaired) electrons. The molecule has 5 nitrogen and oxygen atoms in total. The third-order valence-electron chi connectivity index (χ3n) is 7.88. The van der Waals surface area contributed by atoms with Gasteiger partial charge in [-0.2, -0.15) is 0 Å². The number of nitrogens with one attached hydrogen (secondary N) is 2. The van der Waals surface area contributed by atoms with Crippen molar-refractivity contribution in [1.29, 1.82) is 5.41 Å². The summed E-state index contributed by atoms with van der Waals surface area (Å²) in [6.07, 6.45) is 6.51. The van der Waals surface area contributed by atoms with Crippen molar-refractivity contribution in [2.24, 2.45) is 0 Å². The molecular weight excluding hydrogens is 480 g/mol. The van der Waals surface area contributed by atoms with E-state index in [4.69, 9.17) is 14.8 Å². The molecule has 0 aliphatic heterocycles. The molecule has 5 heteroatoms. The Morgan fingerprint density at radius 2 is 1.46 bits per heavy atom. The minimum Gasteiger partial charge on any atom is -0.438 e. The maximum absolute atomic E-state index is 8.73. The van der Waals surface area contributed by atoms with Gasteiger partial charge in [0.15, 0.2) is 0 Å². The number of nitrogens with zero attached hydrogens (tertiary/aromatic N) is 2. The second-order valence-corrected chi connectivity index (χ2v) is 10.4. The number of aromatic amines is 1. The number of aromatic nitrogens is 2. The molecule has 1 aliphatic rings. The van der Waals surface area contributed by atoms with E-state index in [1.54, 1.807) is 0 Å². The fourth-order valence-electron chi connectivity index (χ4n) is 5.88. The molecule has 1 saturated carbocycles. The number of hydrogen-bond acceptors (Lipinski definition) is 4. The largest absolute Gasteiger partial charge is 0.438 e. The summed E-state index contributed by atoms with van der Waals surface area (Å²) in [6.45, 7) is 0. The van der Waals surface area contributed by atoms with Crippen LogP contribution in [0.25, 0.3) is 33.4 Å². The van der Waals surface area contributed by atoms with Crippen LogP contribution in [0.2, 0.25) is 0 Å². The second kappa shape index (κ2) is 9.91. The van der Waals surface area contributed by atoms with Crippen molar-refractivity contribution in [2.45, 2.75) is 38.0 Å². The van der Waals surface area contributed by atoms with Crippen LogP contribution in [0.1, 0.15) is 43.6 Å². The van der Waals surface area contributed by atoms with Gasteiger partial charge in [0.2, 0.25) is 5.55 Å². The van der Waals surface area contributed by atoms with Gasteiger partial charge in [0, 0.05) is 28.5 Å². The first kappa shape index (κ1) is 23.5. The normalized spacial score (nSPS) is 14.2. The maximum Gasteiger partial charge on any atom is 0.223 e. The van der Waals surface area contributed by atoms with Crippen molar-refractivity contribution in [3.05, 3.63) is 114 Å². The Bertz CT molecular complexity index is 1780. The zero-order valence-electron chi connectivity index (χ0n) is 21.7. The number of H-pyrrole nitrogens is 1. The summed E-state index contributed by atoms with van der Waals surface area (Å²) < 4.78 is 6.10. The van der Waals surface area contributed by atoms with Crippen LogP contribution in [-0.4, -0.2) is 9.97 Å². The molecule has 2 aromatic heterocycles. The average molecular weight is 511 g/mol. The second-order valence-electron chi connectivity index (χ2n) is 10.4. The van der Waals surface area contributed by atoms with Crippen molar-refractivity contribution in [3.8, 4) is 11.4 Å². The Balaban J connectivity index is 1.27. The molecule has 0 atom stereocenters. The molecule has 4 aromatic carbocycles. The highest BCUT2D eigenvalue weighted by molar-refractivity contribution is 5.88. The summed E-state index contributed by atoms with van der Waals surface area (Å²) in [5.74, 6) is 1.30. The summed E-state index contributed by atoms with van der Waals surface area (Å²) in [7, 11) is 0. The molecular formula is C34H30N4O. The summed E-state index contributed by atoms with van der Waals surface area (Å²) in [4.78, 5) is 10.5. The highest BCUT2D eigenvalue weighted by Crippen LogP contribution is 2.37. The smallest absolute Gasteiger partial charge is 0.223 e. The van der Waals surface area contributed by atoms with Crippen LogP contribution >= 0.6 is 0 Å². The topological polar surface area (TPSA) is 68.9 Å². The standard InChI is InChI=1S/C34H30N4O/c35-33-29(34-36-30-19-17-24(21-31(30)37-34)23-10-4-1-5-11-23)20-25-16-18-28(22-32(25)39-33)38(26-12-6-2-7-13-26)27-14-8-3-9-15-27/h2-3,6-9,12-23,35H,1,4-5,10-11H2,(H,36,37). The predicted octanol–water partition coefficient (Wildman–Crippen LogP) is 8.97. The van der Waals surface area contributed by atoms with Gasteiger partial charge in [-0.15, -0.1) is 0 Å². The lowest BCUT2D eigenvalue weighted by atomic mass is 9.84. The fourth-order valence-corrected chi connectivity index (χ4v) is 5.88. The van der Waals surface area contributed by atoms with Gasteiger partial charge in [-0.3, -0.25) is 5.41 Å². The van der Waals surface area contributed by atoms with E-state index in [1.807, 2.05) is 48.5 Å². The van der Waals surface area contributed by atoms with Crippen molar-refractivity contribution in [1.82, 2.24) is 9.97 Å². The fraction of sp³-hybridized carbons (Fsp3) is 0.176. The van der Waals surface area contributed by atoms with Gasteiger partial charge in [-0.1, -0.05) is 61.7 Å². The van der Waals surface area contributed by atoms with Gasteiger partial charge >= 0.3 is 0 Å². The number of imidazole rings is 1. The number of para-hydroxylation sites is 2. The van der Waals surface area contributed by atoms with E-state index < -0.39 is 0 Å². The van der Waals surface area contributed by atoms with Gasteiger partial charge in [-0.25, -0.2) is 4.98 Å². The van der Waals surface area contributed by atoms with Gasteiger partial charge < -0.3 is 14.3 Å². The van der Waals surface area contributed by atoms with Crippen LogP contribution in [0.5, 0.6) is 0 Å². The molecule has 0 unspecified atom stereocenters. The Morgan fingerprint density at radius 3 is 2.18 bits per heavy atom. The molecule has 1 aliphatic carbocycles. The van der Waals surface area contributed by atoms with Crippen molar-refractivity contribution in [3.63, 3.8) is 0 Å². The van der Waals surface area contributed by atoms with Crippen molar-refractivity contribution in [2.75, 3.05) is 4.90 Å². The van der Waals surface area contributed by atoms with E-state index in [0.717, 1.165) is 33.5 Å². The van der Waals surface area contributed by atoms with E-state index in [-0.39, 0.29) is 5.55 Å². The highest BCUT2D eigenvalue weighted by atomic mass is 16.3. The van der Waals surface area contributed by atoms with Gasteiger partial charge in [0.1, 0.15) is 11.4 Å². The molecule has 1 fully saturated rings. The molecule has 0 amide bonds. The Hall–Kier alpha value is -4.64. The number of fused-ring (bicyclic) bond motifs is 2. The molecule has 0 bridgehead atoms. The number of hydrogen-bond donors (Lipinski definition) is 2. The molecule has 6 aromatic rings. The lowest BCUT2D eigenvalue weighted by Gasteiger charge is -2.25. The monoisotopic (exact) mass is 510 g/mol. The summed E-state index contributed by atoms with van der Waals surface area (Å²) in [6, 6.07) is 35.3. The van der Waals surface area contributed by atoms with E-state index >= 15 is 0 Å². The zero-order chi connectivity index (χ0) is 26.2. The number of anilines is 3. The van der Waals surface area contributed by atoms with E-state index in [2.05, 4.69) is 64.5 Å². The van der Waals surface area contributed by atoms with Crippen LogP contribution in [0.3, 0.4) is 0 Å². The molecule has 0 spiro atoms. The summed E-state index contributed by atoms with van der Waals surface area (Å²) >= 11 is 0. The first-order valence-corrected chi connectivity index (χ1v) is 13.8. The third-order valence-corrected chi connectivity index (χ3v) is 7.88. The predicted molar refractivity (Wildman–Crippen MR) is 158 cm³/mol. The Kier molecular flexibility index (Phi) is 5.97. The van der Waals surface area contributed by atoms with E-state index in [9.17, 15) is 0 Å². The number of benzene rings is 4. The Morgan fingerprint density at radius 1 is 0.744 bits per heavy atom. The highest BCUT2D eigenvalue weighted by Gasteiger charge is 2.18. The quantitative estimate of drug-likeness (QED) is 0.243. The third kappa shape index (κ3) is 4.50. The van der Waals surface area contributed by atoms with Crippen LogP contribution in [0.4, 0.5) is 17.1 Å². The molecule has 7 rings (SSSR count). The maximum atomic E-state index is 8.73. The van der Waals surface area contributed by atoms with Crippen LogP contribution < -0.4 is 10.5 Å². The van der Waals surface area contributed by atoms with Crippen LogP contribution in [0.15, 0.2) is 108 Å². The minimum atomic E-state index is 0.0946. The first-order chi connectivity index (χ1) is 19.2. The average Bonchev–Trinajstić information content (AvgIpc) is 3.42. The Labute approximate surface area is 227 Å². The van der Waals surface area contributed by atoms with Crippen molar-refractivity contribution >= 4 is 39.1 Å². The van der Waals surface area contributed by atoms with Crippen LogP contribution in [0, 0.1) is 5.41 Å². The summed E-state index contributed by atoms with van der Waals surface area (Å²) in [5.41, 5.74) is 7.82.